The molecule has 0 spiro atoms. The van der Waals surface area contributed by atoms with E-state index >= 15 is 0 Å². The van der Waals surface area contributed by atoms with Crippen molar-refractivity contribution in [2.75, 3.05) is 0 Å². The second-order valence-corrected chi connectivity index (χ2v) is 4.14. The highest BCUT2D eigenvalue weighted by molar-refractivity contribution is 5.88. The summed E-state index contributed by atoms with van der Waals surface area (Å²) in [6.45, 7) is 1.61. The minimum Gasteiger partial charge on any atom is -0.478 e. The van der Waals surface area contributed by atoms with Gasteiger partial charge in [0, 0.05) is 6.07 Å². The molecule has 21 heavy (non-hydrogen) atoms. The number of ether oxygens (including phenoxy) is 1. The second kappa shape index (κ2) is 5.39. The minimum absolute atomic E-state index is 0.0818. The third-order valence-corrected chi connectivity index (χ3v) is 2.57. The van der Waals surface area contributed by atoms with Gasteiger partial charge in [0.05, 0.1) is 5.56 Å². The number of carboxylic acid groups (broad SMARTS) is 1. The van der Waals surface area contributed by atoms with Crippen LogP contribution in [0.15, 0.2) is 30.3 Å². The van der Waals surface area contributed by atoms with Gasteiger partial charge in [-0.1, -0.05) is 0 Å². The first kappa shape index (κ1) is 14.8. The highest BCUT2D eigenvalue weighted by atomic mass is 19.4. The summed E-state index contributed by atoms with van der Waals surface area (Å²) in [6, 6.07) is 5.90. The molecule has 1 heterocycles. The van der Waals surface area contributed by atoms with Gasteiger partial charge in [0.2, 0.25) is 5.88 Å². The van der Waals surface area contributed by atoms with E-state index in [4.69, 9.17) is 9.84 Å². The molecule has 0 amide bonds. The van der Waals surface area contributed by atoms with Crippen LogP contribution < -0.4 is 4.74 Å². The molecule has 0 saturated carbocycles. The lowest BCUT2D eigenvalue weighted by Gasteiger charge is -2.09. The topological polar surface area (TPSA) is 72.3 Å². The first-order chi connectivity index (χ1) is 9.77. The van der Waals surface area contributed by atoms with Crippen molar-refractivity contribution < 1.29 is 27.8 Å². The molecule has 0 unspecified atom stereocenters. The Labute approximate surface area is 117 Å². The van der Waals surface area contributed by atoms with Crippen LogP contribution >= 0.6 is 0 Å². The Morgan fingerprint density at radius 2 is 1.90 bits per heavy atom. The highest BCUT2D eigenvalue weighted by Crippen LogP contribution is 2.29. The van der Waals surface area contributed by atoms with E-state index in [2.05, 4.69) is 10.2 Å². The SMILES string of the molecule is Cc1cc(C(=O)O)ccc1Oc1ccc(C(F)(F)F)nn1. The molecule has 0 bridgehead atoms. The Hall–Kier alpha value is -2.64. The summed E-state index contributed by atoms with van der Waals surface area (Å²) in [4.78, 5) is 10.8. The van der Waals surface area contributed by atoms with Crippen molar-refractivity contribution in [3.63, 3.8) is 0 Å². The zero-order chi connectivity index (χ0) is 15.6. The Bertz CT molecular complexity index is 669. The van der Waals surface area contributed by atoms with Crippen LogP contribution in [0, 0.1) is 6.92 Å². The zero-order valence-corrected chi connectivity index (χ0v) is 10.7. The fraction of sp³-hybridized carbons (Fsp3) is 0.154. The molecule has 0 aliphatic rings. The molecule has 1 aromatic heterocycles. The van der Waals surface area contributed by atoms with Crippen molar-refractivity contribution >= 4 is 5.97 Å². The van der Waals surface area contributed by atoms with Gasteiger partial charge in [-0.2, -0.15) is 13.2 Å². The second-order valence-electron chi connectivity index (χ2n) is 4.14. The van der Waals surface area contributed by atoms with Crippen LogP contribution in [-0.4, -0.2) is 21.3 Å². The van der Waals surface area contributed by atoms with E-state index in [1.807, 2.05) is 0 Å². The number of nitrogens with zero attached hydrogens (tertiary/aromatic N) is 2. The van der Waals surface area contributed by atoms with Gasteiger partial charge >= 0.3 is 12.1 Å². The molecule has 0 radical (unpaired) electrons. The number of alkyl halides is 3. The molecule has 5 nitrogen and oxygen atoms in total. The largest absolute Gasteiger partial charge is 0.478 e. The third kappa shape index (κ3) is 3.47. The van der Waals surface area contributed by atoms with Gasteiger partial charge in [-0.3, -0.25) is 0 Å². The minimum atomic E-state index is -4.56. The standard InChI is InChI=1S/C13H9F3N2O3/c1-7-6-8(12(19)20)2-3-9(7)21-11-5-4-10(17-18-11)13(14,15)16/h2-6H,1H3,(H,19,20). The average Bonchev–Trinajstić information content (AvgIpc) is 2.40. The Morgan fingerprint density at radius 3 is 2.38 bits per heavy atom. The van der Waals surface area contributed by atoms with E-state index in [0.717, 1.165) is 12.1 Å². The Morgan fingerprint density at radius 1 is 1.19 bits per heavy atom. The summed E-state index contributed by atoms with van der Waals surface area (Å²) in [6.07, 6.45) is -4.56. The molecule has 8 heteroatoms. The number of aromatic nitrogens is 2. The lowest BCUT2D eigenvalue weighted by Crippen LogP contribution is -2.09. The molecule has 0 fully saturated rings. The first-order valence-corrected chi connectivity index (χ1v) is 5.70. The smallest absolute Gasteiger partial charge is 0.435 e. The number of rotatable bonds is 3. The van der Waals surface area contributed by atoms with E-state index in [-0.39, 0.29) is 17.2 Å². The fourth-order valence-corrected chi connectivity index (χ4v) is 1.54. The van der Waals surface area contributed by atoms with Crippen molar-refractivity contribution in [3.8, 4) is 11.6 Å². The molecule has 0 aliphatic heterocycles. The maximum atomic E-state index is 12.3. The van der Waals surface area contributed by atoms with Crippen LogP contribution in [0.1, 0.15) is 21.6 Å². The lowest BCUT2D eigenvalue weighted by molar-refractivity contribution is -0.141. The Kier molecular flexibility index (Phi) is 3.79. The van der Waals surface area contributed by atoms with Crippen molar-refractivity contribution in [2.24, 2.45) is 0 Å². The van der Waals surface area contributed by atoms with E-state index in [1.165, 1.54) is 18.2 Å². The number of aromatic carboxylic acids is 1. The van der Waals surface area contributed by atoms with Crippen LogP contribution in [-0.2, 0) is 6.18 Å². The predicted octanol–water partition coefficient (Wildman–Crippen LogP) is 3.29. The molecule has 2 aromatic rings. The number of carboxylic acids is 1. The van der Waals surface area contributed by atoms with Gasteiger partial charge in [-0.05, 0) is 36.8 Å². The molecule has 110 valence electrons. The van der Waals surface area contributed by atoms with Gasteiger partial charge < -0.3 is 9.84 Å². The van der Waals surface area contributed by atoms with E-state index in [9.17, 15) is 18.0 Å². The van der Waals surface area contributed by atoms with Gasteiger partial charge in [0.25, 0.3) is 0 Å². The van der Waals surface area contributed by atoms with Gasteiger partial charge in [0.1, 0.15) is 5.75 Å². The van der Waals surface area contributed by atoms with Gasteiger partial charge in [-0.25, -0.2) is 4.79 Å². The number of benzene rings is 1. The highest BCUT2D eigenvalue weighted by Gasteiger charge is 2.33. The number of carbonyl (C=O) groups is 1. The molecule has 2 rings (SSSR count). The maximum absolute atomic E-state index is 12.3. The molecule has 0 aliphatic carbocycles. The quantitative estimate of drug-likeness (QED) is 0.941. The Balaban J connectivity index is 2.20. The normalized spacial score (nSPS) is 11.2. The van der Waals surface area contributed by atoms with Gasteiger partial charge in [-0.15, -0.1) is 10.2 Å². The summed E-state index contributed by atoms with van der Waals surface area (Å²) in [5.41, 5.74) is -0.525. The van der Waals surface area contributed by atoms with E-state index < -0.39 is 17.8 Å². The fourth-order valence-electron chi connectivity index (χ4n) is 1.54. The van der Waals surface area contributed by atoms with Crippen LogP contribution in [0.3, 0.4) is 0 Å². The first-order valence-electron chi connectivity index (χ1n) is 5.70. The molecular weight excluding hydrogens is 289 g/mol. The van der Waals surface area contributed by atoms with Gasteiger partial charge in [0.15, 0.2) is 5.69 Å². The van der Waals surface area contributed by atoms with Crippen molar-refractivity contribution in [1.29, 1.82) is 0 Å². The van der Waals surface area contributed by atoms with Crippen LogP contribution in [0.2, 0.25) is 0 Å². The van der Waals surface area contributed by atoms with Crippen LogP contribution in [0.4, 0.5) is 13.2 Å². The van der Waals surface area contributed by atoms with Crippen LogP contribution in [0.25, 0.3) is 0 Å². The number of hydrogen-bond donors (Lipinski definition) is 1. The van der Waals surface area contributed by atoms with Crippen molar-refractivity contribution in [2.45, 2.75) is 13.1 Å². The third-order valence-electron chi connectivity index (χ3n) is 2.57. The molecule has 0 saturated heterocycles. The van der Waals surface area contributed by atoms with Crippen LogP contribution in [0.5, 0.6) is 11.6 Å². The van der Waals surface area contributed by atoms with Crippen molar-refractivity contribution in [1.82, 2.24) is 10.2 Å². The molecule has 1 N–H and O–H groups in total. The van der Waals surface area contributed by atoms with E-state index in [1.54, 1.807) is 6.92 Å². The molecule has 0 atom stereocenters. The summed E-state index contributed by atoms with van der Waals surface area (Å²) in [7, 11) is 0. The average molecular weight is 298 g/mol. The summed E-state index contributed by atoms with van der Waals surface area (Å²) in [5.74, 6) is -0.915. The number of aryl methyl sites for hydroxylation is 1. The lowest BCUT2D eigenvalue weighted by atomic mass is 10.1. The predicted molar refractivity (Wildman–Crippen MR) is 65.2 cm³/mol. The summed E-state index contributed by atoms with van der Waals surface area (Å²) in [5, 5.41) is 15.2. The number of halogens is 3. The monoisotopic (exact) mass is 298 g/mol. The zero-order valence-electron chi connectivity index (χ0n) is 10.7. The maximum Gasteiger partial charge on any atom is 0.435 e. The molecular formula is C13H9F3N2O3. The number of hydrogen-bond acceptors (Lipinski definition) is 4. The van der Waals surface area contributed by atoms with Crippen molar-refractivity contribution in [3.05, 3.63) is 47.2 Å². The summed E-state index contributed by atoms with van der Waals surface area (Å²) >= 11 is 0. The molecule has 1 aromatic carbocycles. The van der Waals surface area contributed by atoms with E-state index in [0.29, 0.717) is 5.56 Å². The summed E-state index contributed by atoms with van der Waals surface area (Å²) < 4.78 is 42.3.